The summed E-state index contributed by atoms with van der Waals surface area (Å²) in [7, 11) is 0. The first-order chi connectivity index (χ1) is 12.0. The second kappa shape index (κ2) is 7.31. The van der Waals surface area contributed by atoms with Crippen LogP contribution in [0.5, 0.6) is 0 Å². The average molecular weight is 339 g/mol. The van der Waals surface area contributed by atoms with Crippen molar-refractivity contribution in [2.45, 2.75) is 25.8 Å². The van der Waals surface area contributed by atoms with Crippen molar-refractivity contribution in [3.05, 3.63) is 64.0 Å². The van der Waals surface area contributed by atoms with Gasteiger partial charge in [-0.1, -0.05) is 18.2 Å². The highest BCUT2D eigenvalue weighted by atomic mass is 16.2. The lowest BCUT2D eigenvalue weighted by Crippen LogP contribution is -2.42. The number of aromatic amines is 2. The number of aryl methyl sites for hydroxylation is 1. The van der Waals surface area contributed by atoms with E-state index in [4.69, 9.17) is 5.73 Å². The number of amides is 1. The minimum absolute atomic E-state index is 0.190. The number of aromatic nitrogens is 3. The predicted octanol–water partition coefficient (Wildman–Crippen LogP) is 0.788. The van der Waals surface area contributed by atoms with Crippen molar-refractivity contribution in [1.82, 2.24) is 20.3 Å². The van der Waals surface area contributed by atoms with Crippen LogP contribution < -0.4 is 16.6 Å². The molecule has 0 bridgehead atoms. The number of nitrogens with zero attached hydrogens (tertiary/aromatic N) is 1. The van der Waals surface area contributed by atoms with Crippen LogP contribution in [0.1, 0.15) is 17.1 Å². The fourth-order valence-electron chi connectivity index (χ4n) is 2.82. The Labute approximate surface area is 144 Å². The first kappa shape index (κ1) is 16.9. The van der Waals surface area contributed by atoms with Crippen LogP contribution in [0.4, 0.5) is 0 Å². The molecule has 1 aromatic carbocycles. The fraction of sp³-hybridized carbons (Fsp3) is 0.278. The lowest BCUT2D eigenvalue weighted by atomic mass is 10.1. The second-order valence-corrected chi connectivity index (χ2v) is 6.04. The molecule has 3 aromatic rings. The number of carbonyl (C=O) groups excluding carboxylic acids is 1. The molecule has 1 atom stereocenters. The van der Waals surface area contributed by atoms with E-state index >= 15 is 0 Å². The summed E-state index contributed by atoms with van der Waals surface area (Å²) < 4.78 is 0. The zero-order valence-electron chi connectivity index (χ0n) is 14.0. The summed E-state index contributed by atoms with van der Waals surface area (Å²) in [6, 6.07) is 8.70. The molecule has 3 rings (SSSR count). The highest BCUT2D eigenvalue weighted by molar-refractivity contribution is 5.86. The van der Waals surface area contributed by atoms with Crippen molar-refractivity contribution in [3.63, 3.8) is 0 Å². The van der Waals surface area contributed by atoms with E-state index in [-0.39, 0.29) is 11.5 Å². The number of benzene rings is 1. The Morgan fingerprint density at radius 1 is 1.36 bits per heavy atom. The van der Waals surface area contributed by atoms with Gasteiger partial charge in [0.15, 0.2) is 0 Å². The lowest BCUT2D eigenvalue weighted by Gasteiger charge is -2.12. The molecule has 0 radical (unpaired) electrons. The lowest BCUT2D eigenvalue weighted by molar-refractivity contribution is -0.122. The van der Waals surface area contributed by atoms with E-state index in [9.17, 15) is 9.59 Å². The van der Waals surface area contributed by atoms with Gasteiger partial charge in [0.25, 0.3) is 5.56 Å². The Morgan fingerprint density at radius 3 is 2.96 bits per heavy atom. The molecule has 0 saturated heterocycles. The fourth-order valence-corrected chi connectivity index (χ4v) is 2.82. The smallest absolute Gasteiger partial charge is 0.251 e. The highest BCUT2D eigenvalue weighted by Crippen LogP contribution is 2.18. The molecule has 0 aliphatic rings. The molecular formula is C18H21N5O2. The van der Waals surface area contributed by atoms with Crippen molar-refractivity contribution in [2.24, 2.45) is 5.73 Å². The van der Waals surface area contributed by atoms with Crippen LogP contribution >= 0.6 is 0 Å². The Kier molecular flexibility index (Phi) is 4.95. The van der Waals surface area contributed by atoms with Crippen LogP contribution in [-0.4, -0.2) is 33.4 Å². The van der Waals surface area contributed by atoms with Gasteiger partial charge in [0.1, 0.15) is 5.82 Å². The van der Waals surface area contributed by atoms with Gasteiger partial charge in [0.2, 0.25) is 5.91 Å². The third kappa shape index (κ3) is 4.13. The summed E-state index contributed by atoms with van der Waals surface area (Å²) in [6.45, 7) is 2.13. The van der Waals surface area contributed by atoms with Crippen molar-refractivity contribution >= 4 is 16.8 Å². The van der Waals surface area contributed by atoms with Crippen LogP contribution in [0.3, 0.4) is 0 Å². The molecule has 7 heteroatoms. The third-order valence-electron chi connectivity index (χ3n) is 4.03. The molecule has 0 unspecified atom stereocenters. The number of carbonyl (C=O) groups is 1. The Morgan fingerprint density at radius 2 is 2.16 bits per heavy atom. The van der Waals surface area contributed by atoms with Crippen LogP contribution in [0.15, 0.2) is 41.3 Å². The zero-order valence-corrected chi connectivity index (χ0v) is 14.0. The average Bonchev–Trinajstić information content (AvgIpc) is 2.97. The molecule has 0 saturated carbocycles. The molecule has 2 heterocycles. The van der Waals surface area contributed by atoms with E-state index in [1.807, 2.05) is 30.5 Å². The van der Waals surface area contributed by atoms with Crippen LogP contribution in [0.2, 0.25) is 0 Å². The molecule has 0 spiro atoms. The van der Waals surface area contributed by atoms with Crippen molar-refractivity contribution in [3.8, 4) is 0 Å². The standard InChI is InChI=1S/C18H21N5O2/c1-11-8-17(24)23-16(22-11)6-7-20-18(25)14(19)9-12-10-21-15-5-3-2-4-13(12)15/h2-5,8,10,14,21H,6-7,9,19H2,1H3,(H,20,25)(H,22,23,24)/t14-/m0/s1. The van der Waals surface area contributed by atoms with Crippen molar-refractivity contribution < 1.29 is 4.79 Å². The van der Waals surface area contributed by atoms with E-state index < -0.39 is 6.04 Å². The Bertz CT molecular complexity index is 944. The van der Waals surface area contributed by atoms with Gasteiger partial charge in [-0.2, -0.15) is 0 Å². The van der Waals surface area contributed by atoms with E-state index in [1.165, 1.54) is 6.07 Å². The molecule has 0 aliphatic carbocycles. The first-order valence-electron chi connectivity index (χ1n) is 8.18. The maximum absolute atomic E-state index is 12.2. The Balaban J connectivity index is 1.55. The zero-order chi connectivity index (χ0) is 17.8. The van der Waals surface area contributed by atoms with Gasteiger partial charge in [-0.05, 0) is 25.0 Å². The molecular weight excluding hydrogens is 318 g/mol. The molecule has 130 valence electrons. The molecule has 0 aliphatic heterocycles. The monoisotopic (exact) mass is 339 g/mol. The summed E-state index contributed by atoms with van der Waals surface area (Å²) in [4.78, 5) is 33.6. The van der Waals surface area contributed by atoms with Gasteiger partial charge >= 0.3 is 0 Å². The molecule has 1 amide bonds. The largest absolute Gasteiger partial charge is 0.361 e. The van der Waals surface area contributed by atoms with Crippen molar-refractivity contribution in [2.75, 3.05) is 6.54 Å². The quantitative estimate of drug-likeness (QED) is 0.531. The minimum Gasteiger partial charge on any atom is -0.361 e. The predicted molar refractivity (Wildman–Crippen MR) is 96.3 cm³/mol. The number of rotatable bonds is 6. The number of hydrogen-bond donors (Lipinski definition) is 4. The number of nitrogens with one attached hydrogen (secondary N) is 3. The SMILES string of the molecule is Cc1cc(=O)[nH]c(CCNC(=O)[C@@H](N)Cc2c[nH]c3ccccc23)n1. The number of H-pyrrole nitrogens is 2. The van der Waals surface area contributed by atoms with Crippen LogP contribution in [0, 0.1) is 6.92 Å². The number of para-hydroxylation sites is 1. The maximum atomic E-state index is 12.2. The summed E-state index contributed by atoms with van der Waals surface area (Å²) >= 11 is 0. The van der Waals surface area contributed by atoms with Gasteiger partial charge in [-0.15, -0.1) is 0 Å². The highest BCUT2D eigenvalue weighted by Gasteiger charge is 2.15. The van der Waals surface area contributed by atoms with Gasteiger partial charge < -0.3 is 21.0 Å². The van der Waals surface area contributed by atoms with E-state index in [0.29, 0.717) is 30.9 Å². The Hall–Kier alpha value is -2.93. The number of hydrogen-bond acceptors (Lipinski definition) is 4. The van der Waals surface area contributed by atoms with Gasteiger partial charge in [-0.3, -0.25) is 9.59 Å². The molecule has 2 aromatic heterocycles. The molecule has 5 N–H and O–H groups in total. The van der Waals surface area contributed by atoms with E-state index in [1.54, 1.807) is 6.92 Å². The van der Waals surface area contributed by atoms with E-state index in [2.05, 4.69) is 20.3 Å². The topological polar surface area (TPSA) is 117 Å². The third-order valence-corrected chi connectivity index (χ3v) is 4.03. The van der Waals surface area contributed by atoms with Crippen molar-refractivity contribution in [1.29, 1.82) is 0 Å². The number of nitrogens with two attached hydrogens (primary N) is 1. The summed E-state index contributed by atoms with van der Waals surface area (Å²) in [6.07, 6.45) is 2.79. The summed E-state index contributed by atoms with van der Waals surface area (Å²) in [5, 5.41) is 3.87. The van der Waals surface area contributed by atoms with Gasteiger partial charge in [0, 0.05) is 41.8 Å². The summed E-state index contributed by atoms with van der Waals surface area (Å²) in [5.74, 6) is 0.329. The second-order valence-electron chi connectivity index (χ2n) is 6.04. The first-order valence-corrected chi connectivity index (χ1v) is 8.18. The maximum Gasteiger partial charge on any atom is 0.251 e. The normalized spacial score (nSPS) is 12.2. The minimum atomic E-state index is -0.635. The van der Waals surface area contributed by atoms with Crippen LogP contribution in [0.25, 0.3) is 10.9 Å². The van der Waals surface area contributed by atoms with Crippen LogP contribution in [-0.2, 0) is 17.6 Å². The van der Waals surface area contributed by atoms with Gasteiger partial charge in [-0.25, -0.2) is 4.98 Å². The molecule has 0 fully saturated rings. The number of fused-ring (bicyclic) bond motifs is 1. The van der Waals surface area contributed by atoms with Gasteiger partial charge in [0.05, 0.1) is 6.04 Å². The summed E-state index contributed by atoms with van der Waals surface area (Å²) in [5.41, 5.74) is 8.54. The molecule has 7 nitrogen and oxygen atoms in total. The van der Waals surface area contributed by atoms with E-state index in [0.717, 1.165) is 16.5 Å². The molecule has 25 heavy (non-hydrogen) atoms.